The molecule has 2 unspecified atom stereocenters. The number of nitrogens with zero attached hydrogens (tertiary/aromatic N) is 3. The van der Waals surface area contributed by atoms with Crippen molar-refractivity contribution < 1.29 is 24.2 Å². The van der Waals surface area contributed by atoms with Gasteiger partial charge in [-0.2, -0.15) is 0 Å². The maximum absolute atomic E-state index is 14.2. The lowest BCUT2D eigenvalue weighted by molar-refractivity contribution is -0.151. The van der Waals surface area contributed by atoms with E-state index in [1.54, 1.807) is 26.9 Å². The van der Waals surface area contributed by atoms with Crippen molar-refractivity contribution in [3.8, 4) is 0 Å². The fourth-order valence-corrected chi connectivity index (χ4v) is 6.42. The van der Waals surface area contributed by atoms with Crippen molar-refractivity contribution in [1.29, 1.82) is 0 Å². The van der Waals surface area contributed by atoms with Gasteiger partial charge in [-0.15, -0.1) is 13.2 Å². The first kappa shape index (κ1) is 28.4. The van der Waals surface area contributed by atoms with Gasteiger partial charge in [0.2, 0.25) is 17.7 Å². The van der Waals surface area contributed by atoms with Gasteiger partial charge in [0.15, 0.2) is 0 Å². The molecule has 0 aromatic heterocycles. The van der Waals surface area contributed by atoms with Crippen LogP contribution in [-0.4, -0.2) is 93.6 Å². The molecule has 3 amide bonds. The average Bonchev–Trinajstić information content (AvgIpc) is 3.46. The molecule has 0 saturated carbocycles. The largest absolute Gasteiger partial charge is 0.396 e. The molecule has 0 radical (unpaired) electrons. The van der Waals surface area contributed by atoms with Gasteiger partial charge in [0, 0.05) is 38.3 Å². The van der Waals surface area contributed by atoms with Crippen LogP contribution in [0.5, 0.6) is 0 Å². The van der Waals surface area contributed by atoms with Crippen LogP contribution >= 0.6 is 0 Å². The number of hydrogen-bond acceptors (Lipinski definition) is 5. The zero-order valence-electron chi connectivity index (χ0n) is 22.6. The highest BCUT2D eigenvalue weighted by molar-refractivity contribution is 5.99. The van der Waals surface area contributed by atoms with Gasteiger partial charge in [0.25, 0.3) is 0 Å². The third-order valence-corrected chi connectivity index (χ3v) is 7.92. The summed E-state index contributed by atoms with van der Waals surface area (Å²) < 4.78 is 6.58. The summed E-state index contributed by atoms with van der Waals surface area (Å²) in [7, 11) is 0. The number of carbonyl (C=O) groups is 3. The number of ether oxygens (including phenoxy) is 1. The zero-order valence-corrected chi connectivity index (χ0v) is 22.6. The second-order valence-corrected chi connectivity index (χ2v) is 11.4. The Labute approximate surface area is 216 Å². The number of likely N-dealkylation sites (tertiary alicyclic amines) is 1. The minimum Gasteiger partial charge on any atom is -0.396 e. The van der Waals surface area contributed by atoms with E-state index >= 15 is 0 Å². The molecular weight excluding hydrogens is 458 g/mol. The molecule has 8 nitrogen and oxygen atoms in total. The molecular formula is C28H45N3O5. The predicted octanol–water partition coefficient (Wildman–Crippen LogP) is 2.76. The second-order valence-electron chi connectivity index (χ2n) is 11.4. The molecule has 3 saturated heterocycles. The maximum Gasteiger partial charge on any atom is 0.249 e. The van der Waals surface area contributed by atoms with Crippen LogP contribution in [-0.2, 0) is 19.1 Å². The molecule has 3 aliphatic heterocycles. The lowest BCUT2D eigenvalue weighted by Gasteiger charge is -2.42. The quantitative estimate of drug-likeness (QED) is 0.308. The maximum atomic E-state index is 14.2. The summed E-state index contributed by atoms with van der Waals surface area (Å²) in [5.41, 5.74) is -1.47. The number of unbranched alkanes of at least 4 members (excludes halogenated alkanes) is 2. The smallest absolute Gasteiger partial charge is 0.249 e. The van der Waals surface area contributed by atoms with E-state index in [0.29, 0.717) is 51.9 Å². The zero-order chi connectivity index (χ0) is 26.7. The topological polar surface area (TPSA) is 90.4 Å². The van der Waals surface area contributed by atoms with Crippen molar-refractivity contribution >= 4 is 17.7 Å². The van der Waals surface area contributed by atoms with Crippen LogP contribution in [0.3, 0.4) is 0 Å². The van der Waals surface area contributed by atoms with Crippen LogP contribution in [0.4, 0.5) is 0 Å². The summed E-state index contributed by atoms with van der Waals surface area (Å²) in [6.07, 6.45) is 7.19. The Morgan fingerprint density at radius 2 is 1.86 bits per heavy atom. The second kappa shape index (κ2) is 11.5. The molecule has 5 atom stereocenters. The number of fused-ring (bicyclic) bond motifs is 1. The van der Waals surface area contributed by atoms with Gasteiger partial charge in [-0.3, -0.25) is 14.4 Å². The average molecular weight is 504 g/mol. The minimum atomic E-state index is -0.993. The number of aliphatic hydroxyl groups excluding tert-OH is 1. The fraction of sp³-hybridized carbons (Fsp3) is 0.750. The van der Waals surface area contributed by atoms with E-state index in [-0.39, 0.29) is 30.4 Å². The van der Waals surface area contributed by atoms with Gasteiger partial charge in [-0.25, -0.2) is 0 Å². The van der Waals surface area contributed by atoms with Crippen molar-refractivity contribution in [2.45, 2.75) is 89.5 Å². The molecule has 0 aromatic rings. The van der Waals surface area contributed by atoms with Crippen molar-refractivity contribution in [2.75, 3.05) is 32.8 Å². The van der Waals surface area contributed by atoms with Crippen molar-refractivity contribution in [2.24, 2.45) is 11.8 Å². The highest BCUT2D eigenvalue weighted by Gasteiger charge is 2.75. The summed E-state index contributed by atoms with van der Waals surface area (Å²) in [5.74, 6) is -1.62. The highest BCUT2D eigenvalue weighted by Crippen LogP contribution is 2.59. The van der Waals surface area contributed by atoms with Crippen LogP contribution in [0.25, 0.3) is 0 Å². The van der Waals surface area contributed by atoms with Gasteiger partial charge in [0.05, 0.1) is 17.9 Å². The van der Waals surface area contributed by atoms with Crippen LogP contribution in [0.1, 0.15) is 66.2 Å². The summed E-state index contributed by atoms with van der Waals surface area (Å²) in [5, 5.41) is 9.20. The standard InChI is InChI=1S/C28H45N3O5/c1-7-15-29(16-8-2)24(33)21-20-13-14-28(36-20)22(21)25(34)30(18-11-10-12-19-32)23(28)26(35)31(17-9-3)27(4,5)6/h7,9,20-23,32H,1,3,8,10-19H2,2,4-6H3/t20-,21+,22-,23?,28?/m0/s1. The van der Waals surface area contributed by atoms with Crippen LogP contribution in [0, 0.1) is 11.8 Å². The van der Waals surface area contributed by atoms with Crippen molar-refractivity contribution in [1.82, 2.24) is 14.7 Å². The van der Waals surface area contributed by atoms with Gasteiger partial charge in [-0.05, 0) is 59.3 Å². The first-order chi connectivity index (χ1) is 17.1. The lowest BCUT2D eigenvalue weighted by atomic mass is 9.70. The first-order valence-corrected chi connectivity index (χ1v) is 13.5. The number of hydrogen-bond donors (Lipinski definition) is 1. The Morgan fingerprint density at radius 1 is 1.17 bits per heavy atom. The van der Waals surface area contributed by atoms with E-state index in [1.807, 2.05) is 27.7 Å². The highest BCUT2D eigenvalue weighted by atomic mass is 16.5. The van der Waals surface area contributed by atoms with E-state index < -0.39 is 29.0 Å². The fourth-order valence-electron chi connectivity index (χ4n) is 6.42. The van der Waals surface area contributed by atoms with Crippen LogP contribution in [0.15, 0.2) is 25.3 Å². The van der Waals surface area contributed by atoms with E-state index in [4.69, 9.17) is 4.74 Å². The lowest BCUT2D eigenvalue weighted by Crippen LogP contribution is -2.60. The molecule has 0 aromatic carbocycles. The van der Waals surface area contributed by atoms with Crippen LogP contribution < -0.4 is 0 Å². The Balaban J connectivity index is 2.01. The van der Waals surface area contributed by atoms with E-state index in [9.17, 15) is 19.5 Å². The van der Waals surface area contributed by atoms with Gasteiger partial charge in [0.1, 0.15) is 11.6 Å². The Kier molecular flexibility index (Phi) is 9.04. The van der Waals surface area contributed by atoms with Crippen molar-refractivity contribution in [3.63, 3.8) is 0 Å². The predicted molar refractivity (Wildman–Crippen MR) is 139 cm³/mol. The number of carbonyl (C=O) groups excluding carboxylic acids is 3. The summed E-state index contributed by atoms with van der Waals surface area (Å²) >= 11 is 0. The number of amides is 3. The number of aliphatic hydroxyl groups is 1. The van der Waals surface area contributed by atoms with E-state index in [1.165, 1.54) is 0 Å². The van der Waals surface area contributed by atoms with Gasteiger partial charge < -0.3 is 24.5 Å². The normalized spacial score (nSPS) is 28.8. The molecule has 3 fully saturated rings. The van der Waals surface area contributed by atoms with Crippen LogP contribution in [0.2, 0.25) is 0 Å². The van der Waals surface area contributed by atoms with Gasteiger partial charge >= 0.3 is 0 Å². The number of rotatable bonds is 13. The molecule has 1 spiro atoms. The first-order valence-electron chi connectivity index (χ1n) is 13.5. The molecule has 3 aliphatic rings. The Morgan fingerprint density at radius 3 is 2.44 bits per heavy atom. The minimum absolute atomic E-state index is 0.0752. The Bertz CT molecular complexity index is 853. The van der Waals surface area contributed by atoms with Crippen molar-refractivity contribution in [3.05, 3.63) is 25.3 Å². The molecule has 3 rings (SSSR count). The SMILES string of the molecule is C=CCN(CCC)C(=O)[C@@H]1[C@@H]2CCC3(O2)C(C(=O)N(CC=C)C(C)(C)C)N(CCCCCO)C(=O)[C@H]13. The summed E-state index contributed by atoms with van der Waals surface area (Å²) in [4.78, 5) is 47.3. The molecule has 202 valence electrons. The van der Waals surface area contributed by atoms with E-state index in [0.717, 1.165) is 12.8 Å². The molecule has 1 N–H and O–H groups in total. The van der Waals surface area contributed by atoms with Gasteiger partial charge in [-0.1, -0.05) is 19.1 Å². The van der Waals surface area contributed by atoms with E-state index in [2.05, 4.69) is 13.2 Å². The molecule has 36 heavy (non-hydrogen) atoms. The molecule has 8 heteroatoms. The third kappa shape index (κ3) is 4.99. The molecule has 0 aliphatic carbocycles. The third-order valence-electron chi connectivity index (χ3n) is 7.92. The summed E-state index contributed by atoms with van der Waals surface area (Å²) in [6, 6.07) is -0.773. The molecule has 2 bridgehead atoms. The Hall–Kier alpha value is -2.19. The molecule has 3 heterocycles. The summed E-state index contributed by atoms with van der Waals surface area (Å²) in [6.45, 7) is 17.5. The monoisotopic (exact) mass is 503 g/mol.